The van der Waals surface area contributed by atoms with E-state index in [-0.39, 0.29) is 5.78 Å². The van der Waals surface area contributed by atoms with Crippen LogP contribution in [0.2, 0.25) is 0 Å². The van der Waals surface area contributed by atoms with E-state index in [1.807, 2.05) is 36.4 Å². The molecule has 2 aromatic carbocycles. The number of ketones is 1. The molecule has 0 aliphatic heterocycles. The van der Waals surface area contributed by atoms with Crippen LogP contribution in [0.25, 0.3) is 10.8 Å². The molecule has 0 bridgehead atoms. The van der Waals surface area contributed by atoms with Crippen LogP contribution in [0.4, 0.5) is 0 Å². The van der Waals surface area contributed by atoms with Gasteiger partial charge in [0.2, 0.25) is 0 Å². The Balaban J connectivity index is 2.44. The molecule has 0 spiro atoms. The second kappa shape index (κ2) is 5.22. The summed E-state index contributed by atoms with van der Waals surface area (Å²) in [5.74, 6) is -2.29. The Morgan fingerprint density at radius 2 is 1.58 bits per heavy atom. The van der Waals surface area contributed by atoms with Gasteiger partial charge >= 0.3 is 5.97 Å². The topological polar surface area (TPSA) is 54.4 Å². The van der Waals surface area contributed by atoms with Crippen molar-refractivity contribution >= 4 is 22.5 Å². The van der Waals surface area contributed by atoms with E-state index in [2.05, 4.69) is 0 Å². The van der Waals surface area contributed by atoms with Crippen molar-refractivity contribution in [3.05, 3.63) is 48.0 Å². The SMILES string of the molecule is CC(C(=O)O)C(C)C(=O)c1cccc2ccccc12. The summed E-state index contributed by atoms with van der Waals surface area (Å²) in [6.07, 6.45) is 0. The summed E-state index contributed by atoms with van der Waals surface area (Å²) in [6.45, 7) is 3.24. The summed E-state index contributed by atoms with van der Waals surface area (Å²) in [5, 5.41) is 10.9. The number of carbonyl (C=O) groups is 2. The van der Waals surface area contributed by atoms with Crippen LogP contribution in [0.1, 0.15) is 24.2 Å². The van der Waals surface area contributed by atoms with Crippen molar-refractivity contribution in [3.63, 3.8) is 0 Å². The van der Waals surface area contributed by atoms with Crippen LogP contribution in [0.5, 0.6) is 0 Å². The summed E-state index contributed by atoms with van der Waals surface area (Å²) in [7, 11) is 0. The highest BCUT2D eigenvalue weighted by molar-refractivity contribution is 6.09. The number of hydrogen-bond acceptors (Lipinski definition) is 2. The number of hydrogen-bond donors (Lipinski definition) is 1. The number of carboxylic acid groups (broad SMARTS) is 1. The molecule has 0 radical (unpaired) electrons. The molecule has 0 saturated carbocycles. The molecule has 19 heavy (non-hydrogen) atoms. The fourth-order valence-corrected chi connectivity index (χ4v) is 2.13. The van der Waals surface area contributed by atoms with E-state index in [9.17, 15) is 9.59 Å². The van der Waals surface area contributed by atoms with E-state index in [1.165, 1.54) is 0 Å². The van der Waals surface area contributed by atoms with Gasteiger partial charge in [0.25, 0.3) is 0 Å². The van der Waals surface area contributed by atoms with Crippen molar-refractivity contribution in [1.82, 2.24) is 0 Å². The van der Waals surface area contributed by atoms with Crippen LogP contribution in [0, 0.1) is 11.8 Å². The van der Waals surface area contributed by atoms with Crippen molar-refractivity contribution in [3.8, 4) is 0 Å². The van der Waals surface area contributed by atoms with Gasteiger partial charge in [0.1, 0.15) is 0 Å². The highest BCUT2D eigenvalue weighted by atomic mass is 16.4. The van der Waals surface area contributed by atoms with Crippen LogP contribution in [-0.2, 0) is 4.79 Å². The number of Topliss-reactive ketones (excluding diaryl/α,β-unsaturated/α-hetero) is 1. The van der Waals surface area contributed by atoms with Crippen molar-refractivity contribution in [2.75, 3.05) is 0 Å². The van der Waals surface area contributed by atoms with Gasteiger partial charge in [-0.15, -0.1) is 0 Å². The van der Waals surface area contributed by atoms with Crippen LogP contribution >= 0.6 is 0 Å². The molecule has 3 nitrogen and oxygen atoms in total. The third kappa shape index (κ3) is 2.50. The standard InChI is InChI=1S/C16H16O3/c1-10(11(2)16(18)19)15(17)14-9-5-7-12-6-3-4-8-13(12)14/h3-11H,1-2H3,(H,18,19). The van der Waals surface area contributed by atoms with E-state index >= 15 is 0 Å². The van der Waals surface area contributed by atoms with Crippen LogP contribution in [0.15, 0.2) is 42.5 Å². The number of carbonyl (C=O) groups excluding carboxylic acids is 1. The minimum Gasteiger partial charge on any atom is -0.481 e. The summed E-state index contributed by atoms with van der Waals surface area (Å²) in [4.78, 5) is 23.4. The van der Waals surface area contributed by atoms with Crippen molar-refractivity contribution in [2.24, 2.45) is 11.8 Å². The van der Waals surface area contributed by atoms with Gasteiger partial charge in [0.05, 0.1) is 5.92 Å². The normalized spacial score (nSPS) is 14.0. The molecule has 0 aliphatic rings. The molecule has 2 unspecified atom stereocenters. The van der Waals surface area contributed by atoms with Crippen LogP contribution in [0.3, 0.4) is 0 Å². The predicted molar refractivity (Wildman–Crippen MR) is 74.2 cm³/mol. The zero-order valence-corrected chi connectivity index (χ0v) is 11.0. The Labute approximate surface area is 111 Å². The van der Waals surface area contributed by atoms with Crippen molar-refractivity contribution in [1.29, 1.82) is 0 Å². The second-order valence-electron chi connectivity index (χ2n) is 4.81. The zero-order valence-electron chi connectivity index (χ0n) is 11.0. The van der Waals surface area contributed by atoms with Crippen molar-refractivity contribution in [2.45, 2.75) is 13.8 Å². The quantitative estimate of drug-likeness (QED) is 0.853. The average molecular weight is 256 g/mol. The molecule has 2 rings (SSSR count). The number of aliphatic carboxylic acids is 1. The fourth-order valence-electron chi connectivity index (χ4n) is 2.13. The molecule has 98 valence electrons. The highest BCUT2D eigenvalue weighted by Crippen LogP contribution is 2.24. The first kappa shape index (κ1) is 13.3. The molecular formula is C16H16O3. The molecule has 0 aromatic heterocycles. The van der Waals surface area contributed by atoms with Gasteiger partial charge in [-0.2, -0.15) is 0 Å². The van der Waals surface area contributed by atoms with Crippen molar-refractivity contribution < 1.29 is 14.7 Å². The lowest BCUT2D eigenvalue weighted by molar-refractivity contribution is -0.142. The molecule has 0 fully saturated rings. The summed E-state index contributed by atoms with van der Waals surface area (Å²) in [5.41, 5.74) is 0.596. The maximum absolute atomic E-state index is 12.4. The van der Waals surface area contributed by atoms with Gasteiger partial charge in [0.15, 0.2) is 5.78 Å². The first-order chi connectivity index (χ1) is 9.02. The molecule has 2 aromatic rings. The van der Waals surface area contributed by atoms with E-state index in [4.69, 9.17) is 5.11 Å². The lowest BCUT2D eigenvalue weighted by atomic mass is 9.87. The first-order valence-corrected chi connectivity index (χ1v) is 6.27. The Morgan fingerprint density at radius 3 is 2.26 bits per heavy atom. The Bertz CT molecular complexity index is 625. The fraction of sp³-hybridized carbons (Fsp3) is 0.250. The molecule has 2 atom stereocenters. The largest absolute Gasteiger partial charge is 0.481 e. The first-order valence-electron chi connectivity index (χ1n) is 6.27. The third-order valence-electron chi connectivity index (χ3n) is 3.61. The van der Waals surface area contributed by atoms with Gasteiger partial charge in [0, 0.05) is 11.5 Å². The molecule has 0 saturated heterocycles. The zero-order chi connectivity index (χ0) is 14.0. The third-order valence-corrected chi connectivity index (χ3v) is 3.61. The van der Waals surface area contributed by atoms with Gasteiger partial charge in [-0.3, -0.25) is 9.59 Å². The van der Waals surface area contributed by atoms with E-state index in [0.29, 0.717) is 5.56 Å². The summed E-state index contributed by atoms with van der Waals surface area (Å²) >= 11 is 0. The maximum atomic E-state index is 12.4. The van der Waals surface area contributed by atoms with Gasteiger partial charge in [-0.1, -0.05) is 56.3 Å². The monoisotopic (exact) mass is 256 g/mol. The van der Waals surface area contributed by atoms with E-state index in [0.717, 1.165) is 10.8 Å². The second-order valence-corrected chi connectivity index (χ2v) is 4.81. The van der Waals surface area contributed by atoms with Crippen LogP contribution in [-0.4, -0.2) is 16.9 Å². The van der Waals surface area contributed by atoms with E-state index in [1.54, 1.807) is 19.9 Å². The number of benzene rings is 2. The van der Waals surface area contributed by atoms with Gasteiger partial charge < -0.3 is 5.11 Å². The molecule has 0 heterocycles. The predicted octanol–water partition coefficient (Wildman–Crippen LogP) is 3.38. The highest BCUT2D eigenvalue weighted by Gasteiger charge is 2.27. The maximum Gasteiger partial charge on any atom is 0.306 e. The Morgan fingerprint density at radius 1 is 0.947 bits per heavy atom. The average Bonchev–Trinajstić information content (AvgIpc) is 2.44. The minimum absolute atomic E-state index is 0.119. The Hall–Kier alpha value is -2.16. The number of carboxylic acids is 1. The molecule has 1 N–H and O–H groups in total. The Kier molecular flexibility index (Phi) is 3.65. The minimum atomic E-state index is -0.943. The molecular weight excluding hydrogens is 240 g/mol. The molecule has 0 aliphatic carbocycles. The molecule has 0 amide bonds. The van der Waals surface area contributed by atoms with E-state index < -0.39 is 17.8 Å². The van der Waals surface area contributed by atoms with Crippen LogP contribution < -0.4 is 0 Å². The van der Waals surface area contributed by atoms with Gasteiger partial charge in [-0.05, 0) is 10.8 Å². The molecule has 3 heteroatoms. The summed E-state index contributed by atoms with van der Waals surface area (Å²) in [6, 6.07) is 13.2. The lowest BCUT2D eigenvalue weighted by Crippen LogP contribution is -2.25. The smallest absolute Gasteiger partial charge is 0.306 e. The number of rotatable bonds is 4. The van der Waals surface area contributed by atoms with Gasteiger partial charge in [-0.25, -0.2) is 0 Å². The number of fused-ring (bicyclic) bond motifs is 1. The summed E-state index contributed by atoms with van der Waals surface area (Å²) < 4.78 is 0. The lowest BCUT2D eigenvalue weighted by Gasteiger charge is -2.16.